The number of halogens is 3. The molecule has 6 heteroatoms. The van der Waals surface area contributed by atoms with Crippen LogP contribution >= 0.6 is 0 Å². The van der Waals surface area contributed by atoms with Crippen LogP contribution in [0.25, 0.3) is 0 Å². The van der Waals surface area contributed by atoms with Crippen molar-refractivity contribution in [1.29, 1.82) is 5.26 Å². The monoisotopic (exact) mass is 269 g/mol. The van der Waals surface area contributed by atoms with E-state index < -0.39 is 11.7 Å². The van der Waals surface area contributed by atoms with Crippen LogP contribution in [-0.2, 0) is 6.18 Å². The standard InChI is InChI=1S/C13H14F3N3/c1-9-8-19(5-4-18-9)12-3-2-10(7-17)6-11(12)13(14,15)16/h2-3,6,9,18H,4-5,8H2,1H3/t9-/m1/s1. The van der Waals surface area contributed by atoms with Crippen LogP contribution in [0.3, 0.4) is 0 Å². The van der Waals surface area contributed by atoms with Gasteiger partial charge in [0.1, 0.15) is 0 Å². The molecule has 0 unspecified atom stereocenters. The molecule has 19 heavy (non-hydrogen) atoms. The molecule has 1 heterocycles. The lowest BCUT2D eigenvalue weighted by molar-refractivity contribution is -0.137. The third-order valence-corrected chi connectivity index (χ3v) is 3.14. The summed E-state index contributed by atoms with van der Waals surface area (Å²) in [6.07, 6.45) is -4.45. The van der Waals surface area contributed by atoms with Crippen LogP contribution in [0.15, 0.2) is 18.2 Å². The molecule has 3 nitrogen and oxygen atoms in total. The Balaban J connectivity index is 2.42. The molecule has 1 aliphatic heterocycles. The van der Waals surface area contributed by atoms with E-state index in [1.54, 1.807) is 11.0 Å². The minimum absolute atomic E-state index is 0.0271. The van der Waals surface area contributed by atoms with Gasteiger partial charge in [-0.05, 0) is 25.1 Å². The first kappa shape index (κ1) is 13.7. The van der Waals surface area contributed by atoms with E-state index in [0.29, 0.717) is 19.6 Å². The van der Waals surface area contributed by atoms with Crippen molar-refractivity contribution in [3.8, 4) is 6.07 Å². The molecule has 1 saturated heterocycles. The van der Waals surface area contributed by atoms with Crippen LogP contribution in [0.1, 0.15) is 18.1 Å². The number of nitrogens with one attached hydrogen (secondary N) is 1. The smallest absolute Gasteiger partial charge is 0.368 e. The highest BCUT2D eigenvalue weighted by atomic mass is 19.4. The second-order valence-electron chi connectivity index (χ2n) is 4.64. The van der Waals surface area contributed by atoms with Crippen LogP contribution < -0.4 is 10.2 Å². The molecule has 1 aliphatic rings. The van der Waals surface area contributed by atoms with Gasteiger partial charge in [0, 0.05) is 31.4 Å². The van der Waals surface area contributed by atoms with E-state index in [1.807, 2.05) is 6.92 Å². The largest absolute Gasteiger partial charge is 0.418 e. The van der Waals surface area contributed by atoms with Gasteiger partial charge in [-0.2, -0.15) is 18.4 Å². The van der Waals surface area contributed by atoms with Gasteiger partial charge < -0.3 is 10.2 Å². The zero-order chi connectivity index (χ0) is 14.0. The molecule has 102 valence electrons. The number of nitrogens with zero attached hydrogens (tertiary/aromatic N) is 2. The zero-order valence-corrected chi connectivity index (χ0v) is 10.5. The fourth-order valence-corrected chi connectivity index (χ4v) is 2.26. The topological polar surface area (TPSA) is 39.1 Å². The van der Waals surface area contributed by atoms with E-state index >= 15 is 0 Å². The van der Waals surface area contributed by atoms with E-state index in [1.165, 1.54) is 12.1 Å². The lowest BCUT2D eigenvalue weighted by Crippen LogP contribution is -2.49. The summed E-state index contributed by atoms with van der Waals surface area (Å²) in [4.78, 5) is 1.71. The lowest BCUT2D eigenvalue weighted by atomic mass is 10.1. The zero-order valence-electron chi connectivity index (χ0n) is 10.5. The number of benzene rings is 1. The summed E-state index contributed by atoms with van der Waals surface area (Å²) in [5.41, 5.74) is -0.556. The van der Waals surface area contributed by atoms with Crippen LogP contribution in [0.4, 0.5) is 18.9 Å². The molecule has 0 bridgehead atoms. The molecule has 0 amide bonds. The minimum atomic E-state index is -4.45. The molecule has 1 fully saturated rings. The fraction of sp³-hybridized carbons (Fsp3) is 0.462. The number of piperazine rings is 1. The summed E-state index contributed by atoms with van der Waals surface area (Å²) in [7, 11) is 0. The highest BCUT2D eigenvalue weighted by Crippen LogP contribution is 2.37. The van der Waals surface area contributed by atoms with E-state index in [-0.39, 0.29) is 17.3 Å². The van der Waals surface area contributed by atoms with Gasteiger partial charge in [0.25, 0.3) is 0 Å². The third kappa shape index (κ3) is 2.99. The van der Waals surface area contributed by atoms with E-state index in [9.17, 15) is 13.2 Å². The van der Waals surface area contributed by atoms with Crippen molar-refractivity contribution in [3.05, 3.63) is 29.3 Å². The van der Waals surface area contributed by atoms with Crippen molar-refractivity contribution >= 4 is 5.69 Å². The van der Waals surface area contributed by atoms with Crippen molar-refractivity contribution in [2.24, 2.45) is 0 Å². The van der Waals surface area contributed by atoms with Gasteiger partial charge in [0.05, 0.1) is 17.2 Å². The first-order chi connectivity index (χ1) is 8.91. The van der Waals surface area contributed by atoms with Gasteiger partial charge >= 0.3 is 6.18 Å². The van der Waals surface area contributed by atoms with Crippen molar-refractivity contribution in [2.75, 3.05) is 24.5 Å². The Morgan fingerprint density at radius 1 is 1.42 bits per heavy atom. The maximum Gasteiger partial charge on any atom is 0.418 e. The Labute approximate surface area is 109 Å². The molecule has 0 aliphatic carbocycles. The third-order valence-electron chi connectivity index (χ3n) is 3.14. The lowest BCUT2D eigenvalue weighted by Gasteiger charge is -2.35. The van der Waals surface area contributed by atoms with Gasteiger partial charge in [0.2, 0.25) is 0 Å². The first-order valence-corrected chi connectivity index (χ1v) is 6.01. The van der Waals surface area contributed by atoms with Crippen LogP contribution in [0.2, 0.25) is 0 Å². The average molecular weight is 269 g/mol. The number of nitriles is 1. The van der Waals surface area contributed by atoms with E-state index in [4.69, 9.17) is 5.26 Å². The summed E-state index contributed by atoms with van der Waals surface area (Å²) < 4.78 is 39.2. The molecular weight excluding hydrogens is 255 g/mol. The van der Waals surface area contributed by atoms with Crippen molar-refractivity contribution in [3.63, 3.8) is 0 Å². The Morgan fingerprint density at radius 2 is 2.16 bits per heavy atom. The molecule has 1 N–H and O–H groups in total. The van der Waals surface area contributed by atoms with Crippen molar-refractivity contribution in [2.45, 2.75) is 19.1 Å². The first-order valence-electron chi connectivity index (χ1n) is 6.01. The minimum Gasteiger partial charge on any atom is -0.368 e. The van der Waals surface area contributed by atoms with Gasteiger partial charge in [-0.25, -0.2) is 0 Å². The number of hydrogen-bond donors (Lipinski definition) is 1. The summed E-state index contributed by atoms with van der Waals surface area (Å²) in [6, 6.07) is 5.63. The van der Waals surface area contributed by atoms with Gasteiger partial charge in [0.15, 0.2) is 0 Å². The fourth-order valence-electron chi connectivity index (χ4n) is 2.26. The van der Waals surface area contributed by atoms with Gasteiger partial charge in [-0.3, -0.25) is 0 Å². The second kappa shape index (κ2) is 5.10. The molecule has 0 spiro atoms. The molecule has 0 aromatic heterocycles. The molecule has 1 aromatic rings. The molecule has 1 atom stereocenters. The molecular formula is C13H14F3N3. The predicted octanol–water partition coefficient (Wildman–Crippen LogP) is 2.38. The summed E-state index contributed by atoms with van der Waals surface area (Å²) in [6.45, 7) is 3.63. The number of anilines is 1. The summed E-state index contributed by atoms with van der Waals surface area (Å²) in [5, 5.41) is 11.9. The summed E-state index contributed by atoms with van der Waals surface area (Å²) in [5.74, 6) is 0. The van der Waals surface area contributed by atoms with E-state index in [2.05, 4.69) is 5.32 Å². The Kier molecular flexibility index (Phi) is 3.67. The number of hydrogen-bond acceptors (Lipinski definition) is 3. The van der Waals surface area contributed by atoms with Gasteiger partial charge in [-0.1, -0.05) is 0 Å². The predicted molar refractivity (Wildman–Crippen MR) is 65.8 cm³/mol. The van der Waals surface area contributed by atoms with Crippen LogP contribution in [0, 0.1) is 11.3 Å². The molecule has 0 radical (unpaired) electrons. The van der Waals surface area contributed by atoms with E-state index in [0.717, 1.165) is 6.07 Å². The van der Waals surface area contributed by atoms with Gasteiger partial charge in [-0.15, -0.1) is 0 Å². The van der Waals surface area contributed by atoms with Crippen molar-refractivity contribution < 1.29 is 13.2 Å². The quantitative estimate of drug-likeness (QED) is 0.850. The SMILES string of the molecule is C[C@@H]1CN(c2ccc(C#N)cc2C(F)(F)F)CCN1. The van der Waals surface area contributed by atoms with Crippen LogP contribution in [0.5, 0.6) is 0 Å². The Morgan fingerprint density at radius 3 is 2.74 bits per heavy atom. The normalized spacial score (nSPS) is 20.2. The Hall–Kier alpha value is -1.74. The molecule has 0 saturated carbocycles. The van der Waals surface area contributed by atoms with Crippen molar-refractivity contribution in [1.82, 2.24) is 5.32 Å². The number of alkyl halides is 3. The maximum atomic E-state index is 13.1. The highest BCUT2D eigenvalue weighted by molar-refractivity contribution is 5.58. The molecule has 2 rings (SSSR count). The highest BCUT2D eigenvalue weighted by Gasteiger charge is 2.35. The molecule has 1 aromatic carbocycles. The average Bonchev–Trinajstić information content (AvgIpc) is 2.37. The number of rotatable bonds is 1. The maximum absolute atomic E-state index is 13.1. The van der Waals surface area contributed by atoms with Crippen LogP contribution in [-0.4, -0.2) is 25.7 Å². The Bertz CT molecular complexity index is 505. The summed E-state index contributed by atoms with van der Waals surface area (Å²) >= 11 is 0. The second-order valence-corrected chi connectivity index (χ2v) is 4.64.